The number of alkyl halides is 4. The maximum Gasteiger partial charge on any atom is 0.390 e. The third-order valence-electron chi connectivity index (χ3n) is 6.97. The Morgan fingerprint density at radius 3 is 2.33 bits per heavy atom. The van der Waals surface area contributed by atoms with Crippen molar-refractivity contribution in [3.63, 3.8) is 0 Å². The second-order valence-corrected chi connectivity index (χ2v) is 10.6. The fourth-order valence-electron chi connectivity index (χ4n) is 4.84. The van der Waals surface area contributed by atoms with Crippen LogP contribution in [0.3, 0.4) is 0 Å². The summed E-state index contributed by atoms with van der Waals surface area (Å²) in [5.41, 5.74) is -1.56. The largest absolute Gasteiger partial charge is 0.550 e. The molecule has 1 aromatic carbocycles. The normalized spacial score (nSPS) is 15.6. The number of thiophene rings is 1. The van der Waals surface area contributed by atoms with E-state index < -0.39 is 55.0 Å². The topological polar surface area (TPSA) is 104 Å². The Kier molecular flexibility index (Phi) is 8.28. The standard InChI is InChI=1S/C26H27F4N3O5S/c1-15-20-22(36)33(14-18(27)17-5-3-2-4-6-17)25(38)32(12-9-26(28,29)30)24(20)39-21(15)23(37)31-10-7-16(8-11-31)13-19(34)35/h2-6,16,18H,7-14H2,1H3,(H,34,35)/p-1. The molecule has 0 radical (unpaired) electrons. The average Bonchev–Trinajstić information content (AvgIpc) is 3.22. The summed E-state index contributed by atoms with van der Waals surface area (Å²) in [5.74, 6) is -1.77. The summed E-state index contributed by atoms with van der Waals surface area (Å²) in [6, 6.07) is 7.77. The third kappa shape index (κ3) is 6.23. The molecule has 0 aliphatic carbocycles. The van der Waals surface area contributed by atoms with E-state index in [9.17, 15) is 37.5 Å². The Labute approximate surface area is 224 Å². The van der Waals surface area contributed by atoms with E-state index in [0.717, 1.165) is 15.9 Å². The van der Waals surface area contributed by atoms with Gasteiger partial charge in [-0.3, -0.25) is 18.7 Å². The predicted molar refractivity (Wildman–Crippen MR) is 134 cm³/mol. The Morgan fingerprint density at radius 1 is 1.10 bits per heavy atom. The summed E-state index contributed by atoms with van der Waals surface area (Å²) < 4.78 is 55.8. The number of aryl methyl sites for hydroxylation is 2. The minimum atomic E-state index is -4.60. The molecule has 1 unspecified atom stereocenters. The number of amides is 1. The number of halogens is 4. The van der Waals surface area contributed by atoms with E-state index in [2.05, 4.69) is 0 Å². The highest BCUT2D eigenvalue weighted by molar-refractivity contribution is 7.20. The molecule has 1 saturated heterocycles. The van der Waals surface area contributed by atoms with Crippen LogP contribution in [-0.4, -0.2) is 45.2 Å². The fraction of sp³-hybridized carbons (Fsp3) is 0.462. The molecule has 1 aliphatic rings. The molecule has 3 heterocycles. The molecule has 1 fully saturated rings. The van der Waals surface area contributed by atoms with E-state index in [0.29, 0.717) is 17.4 Å². The van der Waals surface area contributed by atoms with Gasteiger partial charge < -0.3 is 14.8 Å². The van der Waals surface area contributed by atoms with Crippen molar-refractivity contribution in [1.29, 1.82) is 0 Å². The van der Waals surface area contributed by atoms with Crippen molar-refractivity contribution >= 4 is 33.4 Å². The number of aromatic nitrogens is 2. The van der Waals surface area contributed by atoms with Gasteiger partial charge in [0.15, 0.2) is 0 Å². The minimum absolute atomic E-state index is 0.0756. The highest BCUT2D eigenvalue weighted by atomic mass is 32.1. The summed E-state index contributed by atoms with van der Waals surface area (Å²) >= 11 is 0.760. The van der Waals surface area contributed by atoms with Crippen LogP contribution in [0.15, 0.2) is 39.9 Å². The van der Waals surface area contributed by atoms with E-state index >= 15 is 4.39 Å². The van der Waals surface area contributed by atoms with Crippen LogP contribution in [0.5, 0.6) is 0 Å². The van der Waals surface area contributed by atoms with Crippen molar-refractivity contribution in [1.82, 2.24) is 14.0 Å². The zero-order chi connectivity index (χ0) is 28.5. The monoisotopic (exact) mass is 568 g/mol. The summed E-state index contributed by atoms with van der Waals surface area (Å²) in [6.07, 6.45) is -6.97. The lowest BCUT2D eigenvalue weighted by molar-refractivity contribution is -0.307. The molecule has 3 aromatic rings. The predicted octanol–water partition coefficient (Wildman–Crippen LogP) is 3.19. The van der Waals surface area contributed by atoms with Crippen molar-refractivity contribution in [3.8, 4) is 0 Å². The quantitative estimate of drug-likeness (QED) is 0.389. The minimum Gasteiger partial charge on any atom is -0.550 e. The number of piperidine rings is 1. The van der Waals surface area contributed by atoms with Crippen LogP contribution in [0.2, 0.25) is 0 Å². The Morgan fingerprint density at radius 2 is 1.74 bits per heavy atom. The molecule has 0 N–H and O–H groups in total. The zero-order valence-electron chi connectivity index (χ0n) is 21.0. The van der Waals surface area contributed by atoms with Gasteiger partial charge in [-0.05, 0) is 43.2 Å². The van der Waals surface area contributed by atoms with Crippen LogP contribution in [-0.2, 0) is 17.9 Å². The molecule has 0 saturated carbocycles. The molecule has 4 rings (SSSR count). The molecule has 39 heavy (non-hydrogen) atoms. The van der Waals surface area contributed by atoms with Gasteiger partial charge in [-0.2, -0.15) is 13.2 Å². The van der Waals surface area contributed by atoms with Crippen molar-refractivity contribution in [2.45, 2.75) is 58.0 Å². The van der Waals surface area contributed by atoms with E-state index in [-0.39, 0.29) is 51.6 Å². The lowest BCUT2D eigenvalue weighted by atomic mass is 9.93. The Bertz CT molecular complexity index is 1490. The lowest BCUT2D eigenvalue weighted by Crippen LogP contribution is -2.41. The summed E-state index contributed by atoms with van der Waals surface area (Å²) in [4.78, 5) is 52.4. The van der Waals surface area contributed by atoms with Crippen LogP contribution in [0, 0.1) is 12.8 Å². The summed E-state index contributed by atoms with van der Waals surface area (Å²) in [7, 11) is 0. The van der Waals surface area contributed by atoms with Crippen molar-refractivity contribution in [3.05, 3.63) is 67.2 Å². The zero-order valence-corrected chi connectivity index (χ0v) is 21.8. The fourth-order valence-corrected chi connectivity index (χ4v) is 6.13. The SMILES string of the molecule is Cc1c(C(=O)N2CCC(CC(=O)[O-])CC2)sc2c1c(=O)n(CC(F)c1ccccc1)c(=O)n2CCC(F)(F)F. The average molecular weight is 569 g/mol. The first-order chi connectivity index (χ1) is 18.4. The molecular weight excluding hydrogens is 542 g/mol. The van der Waals surface area contributed by atoms with Crippen LogP contribution >= 0.6 is 11.3 Å². The van der Waals surface area contributed by atoms with Gasteiger partial charge in [-0.15, -0.1) is 11.3 Å². The van der Waals surface area contributed by atoms with Crippen LogP contribution in [0.25, 0.3) is 10.2 Å². The maximum atomic E-state index is 15.1. The number of carboxylic acids is 1. The number of carbonyl (C=O) groups is 2. The van der Waals surface area contributed by atoms with Gasteiger partial charge in [0.25, 0.3) is 11.5 Å². The number of aliphatic carboxylic acids is 1. The highest BCUT2D eigenvalue weighted by Gasteiger charge is 2.31. The first kappa shape index (κ1) is 28.5. The van der Waals surface area contributed by atoms with Gasteiger partial charge in [0, 0.05) is 25.6 Å². The van der Waals surface area contributed by atoms with E-state index in [4.69, 9.17) is 0 Å². The molecular formula is C26H26F4N3O5S-. The summed E-state index contributed by atoms with van der Waals surface area (Å²) in [5, 5.41) is 10.8. The molecule has 2 aromatic heterocycles. The van der Waals surface area contributed by atoms with Gasteiger partial charge in [0.2, 0.25) is 0 Å². The maximum absolute atomic E-state index is 15.1. The molecule has 0 spiro atoms. The van der Waals surface area contributed by atoms with Crippen molar-refractivity contribution < 1.29 is 32.3 Å². The molecule has 0 bridgehead atoms. The van der Waals surface area contributed by atoms with Gasteiger partial charge in [0.05, 0.1) is 23.2 Å². The number of nitrogens with zero attached hydrogens (tertiary/aromatic N) is 3. The molecule has 1 aliphatic heterocycles. The van der Waals surface area contributed by atoms with Crippen molar-refractivity contribution in [2.75, 3.05) is 13.1 Å². The molecule has 1 atom stereocenters. The lowest BCUT2D eigenvalue weighted by Gasteiger charge is -2.32. The van der Waals surface area contributed by atoms with Gasteiger partial charge >= 0.3 is 11.9 Å². The van der Waals surface area contributed by atoms with E-state index in [1.165, 1.54) is 24.0 Å². The highest BCUT2D eigenvalue weighted by Crippen LogP contribution is 2.32. The number of likely N-dealkylation sites (tertiary alicyclic amines) is 1. The van der Waals surface area contributed by atoms with Gasteiger partial charge in [-0.25, -0.2) is 9.18 Å². The number of carboxylic acid groups (broad SMARTS) is 1. The third-order valence-corrected chi connectivity index (χ3v) is 8.27. The van der Waals surface area contributed by atoms with Crippen molar-refractivity contribution in [2.24, 2.45) is 5.92 Å². The van der Waals surface area contributed by atoms with Crippen LogP contribution in [0.1, 0.15) is 52.7 Å². The number of hydrogen-bond acceptors (Lipinski definition) is 6. The van der Waals surface area contributed by atoms with Crippen LogP contribution in [0.4, 0.5) is 17.6 Å². The molecule has 210 valence electrons. The number of benzene rings is 1. The second-order valence-electron chi connectivity index (χ2n) is 9.64. The van der Waals surface area contributed by atoms with E-state index in [1.54, 1.807) is 18.2 Å². The first-order valence-electron chi connectivity index (χ1n) is 12.4. The first-order valence-corrected chi connectivity index (χ1v) is 13.2. The van der Waals surface area contributed by atoms with E-state index in [1.807, 2.05) is 0 Å². The van der Waals surface area contributed by atoms with Crippen LogP contribution < -0.4 is 16.4 Å². The molecule has 1 amide bonds. The van der Waals surface area contributed by atoms with Gasteiger partial charge in [-0.1, -0.05) is 30.3 Å². The number of carbonyl (C=O) groups excluding carboxylic acids is 2. The summed E-state index contributed by atoms with van der Waals surface area (Å²) in [6.45, 7) is 0.494. The number of rotatable bonds is 8. The van der Waals surface area contributed by atoms with Gasteiger partial charge in [0.1, 0.15) is 11.0 Å². The smallest absolute Gasteiger partial charge is 0.390 e. The Hall–Kier alpha value is -3.48. The number of fused-ring (bicyclic) bond motifs is 1. The Balaban J connectivity index is 1.75. The molecule has 8 nitrogen and oxygen atoms in total. The molecule has 13 heteroatoms. The second kappa shape index (κ2) is 11.3. The number of hydrogen-bond donors (Lipinski definition) is 0.